The fourth-order valence-electron chi connectivity index (χ4n) is 0.513. The molecule has 0 aromatic rings. The number of carbonyl (C=O) groups is 2. The van der Waals surface area contributed by atoms with Gasteiger partial charge in [0.1, 0.15) is 0 Å². The van der Waals surface area contributed by atoms with Gasteiger partial charge >= 0.3 is 11.9 Å². The van der Waals surface area contributed by atoms with Crippen molar-refractivity contribution in [3.8, 4) is 0 Å². The maximum absolute atomic E-state index is 10.8. The van der Waals surface area contributed by atoms with E-state index in [0.717, 1.165) is 0 Å². The molecule has 0 spiro atoms. The van der Waals surface area contributed by atoms with Crippen molar-refractivity contribution in [2.24, 2.45) is 0 Å². The summed E-state index contributed by atoms with van der Waals surface area (Å²) in [7, 11) is 2.94. The highest BCUT2D eigenvalue weighted by molar-refractivity contribution is 6.32. The van der Waals surface area contributed by atoms with E-state index in [1.165, 1.54) is 7.11 Å². The first kappa shape index (κ1) is 10.9. The summed E-state index contributed by atoms with van der Waals surface area (Å²) in [5, 5.41) is 5.32. The minimum Gasteiger partial charge on any atom is -0.462 e. The highest BCUT2D eigenvalue weighted by Gasteiger charge is 2.13. The summed E-state index contributed by atoms with van der Waals surface area (Å²) in [6.07, 6.45) is 0. The van der Waals surface area contributed by atoms with Crippen molar-refractivity contribution in [2.75, 3.05) is 20.7 Å². The first-order chi connectivity index (χ1) is 5.61. The van der Waals surface area contributed by atoms with Crippen LogP contribution in [0.2, 0.25) is 0 Å². The number of amides is 1. The van der Waals surface area contributed by atoms with Crippen LogP contribution in [0.25, 0.3) is 0 Å². The molecule has 5 heteroatoms. The van der Waals surface area contributed by atoms with Gasteiger partial charge in [-0.15, -0.1) is 0 Å². The second kappa shape index (κ2) is 5.54. The van der Waals surface area contributed by atoms with E-state index in [1.54, 1.807) is 7.05 Å². The Balaban J connectivity index is 3.64. The maximum Gasteiger partial charge on any atom is 0.396 e. The lowest BCUT2D eigenvalue weighted by Gasteiger charge is -2.09. The summed E-state index contributed by atoms with van der Waals surface area (Å²) in [5.41, 5.74) is 0. The van der Waals surface area contributed by atoms with Crippen LogP contribution >= 0.6 is 0 Å². The molecule has 5 nitrogen and oxygen atoms in total. The van der Waals surface area contributed by atoms with E-state index in [2.05, 4.69) is 15.4 Å². The number of carbonyl (C=O) groups excluding carboxylic acids is 2. The number of hydrogen-bond acceptors (Lipinski definition) is 4. The largest absolute Gasteiger partial charge is 0.462 e. The first-order valence-electron chi connectivity index (χ1n) is 3.65. The third kappa shape index (κ3) is 3.92. The van der Waals surface area contributed by atoms with Gasteiger partial charge in [-0.1, -0.05) is 0 Å². The van der Waals surface area contributed by atoms with E-state index in [0.29, 0.717) is 6.54 Å². The van der Waals surface area contributed by atoms with E-state index in [9.17, 15) is 9.59 Å². The molecule has 1 unspecified atom stereocenters. The van der Waals surface area contributed by atoms with E-state index < -0.39 is 11.9 Å². The van der Waals surface area contributed by atoms with Crippen LogP contribution in [-0.2, 0) is 14.3 Å². The number of hydrogen-bond donors (Lipinski definition) is 2. The van der Waals surface area contributed by atoms with E-state index in [-0.39, 0.29) is 6.04 Å². The zero-order valence-corrected chi connectivity index (χ0v) is 7.51. The molecular formula is C7H14N2O3. The predicted octanol–water partition coefficient (Wildman–Crippen LogP) is -1.12. The average Bonchev–Trinajstić information content (AvgIpc) is 2.11. The van der Waals surface area contributed by atoms with Gasteiger partial charge in [0.15, 0.2) is 0 Å². The topological polar surface area (TPSA) is 67.4 Å². The smallest absolute Gasteiger partial charge is 0.396 e. The summed E-state index contributed by atoms with van der Waals surface area (Å²) in [6.45, 7) is 2.29. The van der Waals surface area contributed by atoms with Crippen LogP contribution in [0.1, 0.15) is 6.92 Å². The van der Waals surface area contributed by atoms with Gasteiger partial charge in [-0.25, -0.2) is 4.79 Å². The van der Waals surface area contributed by atoms with Crippen LogP contribution in [0.4, 0.5) is 0 Å². The summed E-state index contributed by atoms with van der Waals surface area (Å²) in [6, 6.07) is 0.138. The summed E-state index contributed by atoms with van der Waals surface area (Å²) >= 11 is 0. The highest BCUT2D eigenvalue weighted by atomic mass is 16.5. The molecule has 0 aromatic carbocycles. The molecule has 0 saturated carbocycles. The van der Waals surface area contributed by atoms with E-state index >= 15 is 0 Å². The van der Waals surface area contributed by atoms with Crippen molar-refractivity contribution in [2.45, 2.75) is 13.0 Å². The van der Waals surface area contributed by atoms with Crippen molar-refractivity contribution >= 4 is 11.9 Å². The number of nitrogens with one attached hydrogen (secondary N) is 2. The molecule has 12 heavy (non-hydrogen) atoms. The first-order valence-corrected chi connectivity index (χ1v) is 3.65. The lowest BCUT2D eigenvalue weighted by molar-refractivity contribution is -0.152. The van der Waals surface area contributed by atoms with Gasteiger partial charge in [0, 0.05) is 12.6 Å². The summed E-state index contributed by atoms with van der Waals surface area (Å²) in [5.74, 6) is -1.57. The van der Waals surface area contributed by atoms with Crippen LogP contribution < -0.4 is 10.6 Å². The number of esters is 1. The van der Waals surface area contributed by atoms with Crippen molar-refractivity contribution in [3.05, 3.63) is 0 Å². The van der Waals surface area contributed by atoms with Gasteiger partial charge in [-0.3, -0.25) is 4.79 Å². The van der Waals surface area contributed by atoms with Crippen LogP contribution in [-0.4, -0.2) is 38.6 Å². The van der Waals surface area contributed by atoms with Crippen LogP contribution in [0, 0.1) is 0 Å². The van der Waals surface area contributed by atoms with Crippen LogP contribution in [0.3, 0.4) is 0 Å². The highest BCUT2D eigenvalue weighted by Crippen LogP contribution is 1.78. The van der Waals surface area contributed by atoms with Crippen LogP contribution in [0.5, 0.6) is 0 Å². The van der Waals surface area contributed by atoms with Crippen molar-refractivity contribution in [1.29, 1.82) is 0 Å². The number of ether oxygens (including phenoxy) is 1. The minimum atomic E-state index is -0.863. The van der Waals surface area contributed by atoms with Crippen molar-refractivity contribution in [1.82, 2.24) is 10.6 Å². The lowest BCUT2D eigenvalue weighted by atomic mass is 10.3. The third-order valence-corrected chi connectivity index (χ3v) is 1.43. The standard InChI is InChI=1S/C7H14N2O3/c1-5(8-2)4-9-6(10)7(11)12-3/h5,8H,4H2,1-3H3,(H,9,10). The predicted molar refractivity (Wildman–Crippen MR) is 43.5 cm³/mol. The van der Waals surface area contributed by atoms with E-state index in [4.69, 9.17) is 0 Å². The van der Waals surface area contributed by atoms with E-state index in [1.807, 2.05) is 6.92 Å². The molecule has 0 heterocycles. The Morgan fingerprint density at radius 3 is 2.50 bits per heavy atom. The van der Waals surface area contributed by atoms with Gasteiger partial charge in [0.25, 0.3) is 0 Å². The molecule has 0 bridgehead atoms. The van der Waals surface area contributed by atoms with Crippen molar-refractivity contribution in [3.63, 3.8) is 0 Å². The van der Waals surface area contributed by atoms with Crippen molar-refractivity contribution < 1.29 is 14.3 Å². The Bertz CT molecular complexity index is 170. The third-order valence-electron chi connectivity index (χ3n) is 1.43. The zero-order chi connectivity index (χ0) is 9.56. The van der Waals surface area contributed by atoms with Gasteiger partial charge in [0.05, 0.1) is 7.11 Å². The molecule has 0 rings (SSSR count). The minimum absolute atomic E-state index is 0.138. The van der Waals surface area contributed by atoms with Gasteiger partial charge < -0.3 is 15.4 Å². The SMILES string of the molecule is CNC(C)CNC(=O)C(=O)OC. The monoisotopic (exact) mass is 174 g/mol. The molecule has 70 valence electrons. The Morgan fingerprint density at radius 1 is 1.50 bits per heavy atom. The molecule has 0 aliphatic heterocycles. The summed E-state index contributed by atoms with van der Waals surface area (Å²) in [4.78, 5) is 21.3. The maximum atomic E-state index is 10.8. The Morgan fingerprint density at radius 2 is 2.08 bits per heavy atom. The Kier molecular flexibility index (Phi) is 5.03. The number of likely N-dealkylation sites (N-methyl/N-ethyl adjacent to an activating group) is 1. The Labute approximate surface area is 71.5 Å². The fourth-order valence-corrected chi connectivity index (χ4v) is 0.513. The van der Waals surface area contributed by atoms with Gasteiger partial charge in [-0.2, -0.15) is 0 Å². The second-order valence-corrected chi connectivity index (χ2v) is 2.39. The molecular weight excluding hydrogens is 160 g/mol. The average molecular weight is 174 g/mol. The molecule has 0 aromatic heterocycles. The number of rotatable bonds is 3. The molecule has 2 N–H and O–H groups in total. The molecule has 1 atom stereocenters. The second-order valence-electron chi connectivity index (χ2n) is 2.39. The normalized spacial score (nSPS) is 11.9. The quantitative estimate of drug-likeness (QED) is 0.420. The lowest BCUT2D eigenvalue weighted by Crippen LogP contribution is -2.40. The van der Waals surface area contributed by atoms with Crippen LogP contribution in [0.15, 0.2) is 0 Å². The fraction of sp³-hybridized carbons (Fsp3) is 0.714. The summed E-state index contributed by atoms with van der Waals surface area (Å²) < 4.78 is 4.21. The Hall–Kier alpha value is -1.10. The molecule has 0 saturated heterocycles. The van der Waals surface area contributed by atoms with Gasteiger partial charge in [0.2, 0.25) is 0 Å². The molecule has 0 aliphatic carbocycles. The molecule has 1 amide bonds. The molecule has 0 fully saturated rings. The number of methoxy groups -OCH3 is 1. The molecule has 0 aliphatic rings. The molecule has 0 radical (unpaired) electrons. The zero-order valence-electron chi connectivity index (χ0n) is 7.51. The van der Waals surface area contributed by atoms with Gasteiger partial charge in [-0.05, 0) is 14.0 Å².